The number of benzene rings is 1. The van der Waals surface area contributed by atoms with Crippen LogP contribution in [0.1, 0.15) is 104 Å². The summed E-state index contributed by atoms with van der Waals surface area (Å²) in [7, 11) is 0. The summed E-state index contributed by atoms with van der Waals surface area (Å²) in [5.74, 6) is 1.75. The van der Waals surface area contributed by atoms with Crippen molar-refractivity contribution in [1.82, 2.24) is 15.2 Å². The van der Waals surface area contributed by atoms with Gasteiger partial charge in [0.15, 0.2) is 17.2 Å². The van der Waals surface area contributed by atoms with Crippen LogP contribution in [0.15, 0.2) is 22.8 Å². The van der Waals surface area contributed by atoms with E-state index < -0.39 is 5.97 Å². The van der Waals surface area contributed by atoms with E-state index >= 15 is 0 Å². The fourth-order valence-electron chi connectivity index (χ4n) is 6.03. The third kappa shape index (κ3) is 6.67. The minimum Gasteiger partial charge on any atom is -0.481 e. The highest BCUT2D eigenvalue weighted by atomic mass is 16.7. The number of hydrogen-bond donors (Lipinski definition) is 2. The number of carboxylic acid groups (broad SMARTS) is 1. The summed E-state index contributed by atoms with van der Waals surface area (Å²) in [5, 5.41) is 12.2. The second kappa shape index (κ2) is 12.7. The van der Waals surface area contributed by atoms with Gasteiger partial charge in [-0.1, -0.05) is 44.9 Å². The van der Waals surface area contributed by atoms with E-state index in [1.165, 1.54) is 44.8 Å². The molecule has 5 rings (SSSR count). The van der Waals surface area contributed by atoms with Crippen LogP contribution in [-0.2, 0) is 17.8 Å². The summed E-state index contributed by atoms with van der Waals surface area (Å²) in [6.45, 7) is 2.31. The maximum Gasteiger partial charge on any atom is 0.303 e. The van der Waals surface area contributed by atoms with Crippen molar-refractivity contribution in [3.8, 4) is 11.5 Å². The monoisotopic (exact) mass is 525 g/mol. The van der Waals surface area contributed by atoms with Gasteiger partial charge < -0.3 is 24.3 Å². The predicted molar refractivity (Wildman–Crippen MR) is 140 cm³/mol. The number of amides is 1. The van der Waals surface area contributed by atoms with Gasteiger partial charge in [-0.25, -0.2) is 4.98 Å². The SMILES string of the molecule is O=C(O)CCc1cc2c(cc1CN1CCCC1c1nc(C(=O)NCCCCC3CCCCC3)co1)OCO2. The highest BCUT2D eigenvalue weighted by Gasteiger charge is 2.31. The molecule has 1 saturated heterocycles. The highest BCUT2D eigenvalue weighted by molar-refractivity contribution is 5.91. The molecule has 1 aliphatic carbocycles. The van der Waals surface area contributed by atoms with Crippen molar-refractivity contribution in [1.29, 1.82) is 0 Å². The number of fused-ring (bicyclic) bond motifs is 1. The van der Waals surface area contributed by atoms with Crippen LogP contribution >= 0.6 is 0 Å². The number of nitrogens with zero attached hydrogens (tertiary/aromatic N) is 2. The van der Waals surface area contributed by atoms with E-state index in [0.717, 1.165) is 49.3 Å². The fourth-order valence-corrected chi connectivity index (χ4v) is 6.03. The van der Waals surface area contributed by atoms with Crippen molar-refractivity contribution in [2.24, 2.45) is 5.92 Å². The zero-order valence-corrected chi connectivity index (χ0v) is 22.1. The van der Waals surface area contributed by atoms with Crippen LogP contribution in [0, 0.1) is 5.92 Å². The minimum atomic E-state index is -0.831. The molecule has 1 aromatic heterocycles. The molecule has 3 heterocycles. The van der Waals surface area contributed by atoms with Crippen LogP contribution in [0.25, 0.3) is 0 Å². The fraction of sp³-hybridized carbons (Fsp3) is 0.621. The summed E-state index contributed by atoms with van der Waals surface area (Å²) < 4.78 is 16.9. The molecule has 0 spiro atoms. The molecule has 9 nitrogen and oxygen atoms in total. The normalized spacial score (nSPS) is 19.6. The van der Waals surface area contributed by atoms with E-state index in [2.05, 4.69) is 15.2 Å². The molecule has 1 unspecified atom stereocenters. The molecule has 3 aliphatic rings. The Hall–Kier alpha value is -3.07. The minimum absolute atomic E-state index is 0.0372. The number of unbranched alkanes of at least 4 members (excludes halogenated alkanes) is 1. The molecule has 1 atom stereocenters. The Morgan fingerprint density at radius 2 is 1.82 bits per heavy atom. The Kier molecular flexibility index (Phi) is 8.83. The Bertz CT molecular complexity index is 1110. The molecular formula is C29H39N3O6. The molecule has 0 bridgehead atoms. The number of carboxylic acids is 1. The average Bonchev–Trinajstić information content (AvgIpc) is 3.68. The van der Waals surface area contributed by atoms with E-state index in [4.69, 9.17) is 13.9 Å². The van der Waals surface area contributed by atoms with Crippen LogP contribution in [0.5, 0.6) is 11.5 Å². The smallest absolute Gasteiger partial charge is 0.303 e. The molecule has 2 aromatic rings. The van der Waals surface area contributed by atoms with E-state index in [-0.39, 0.29) is 25.2 Å². The third-order valence-electron chi connectivity index (χ3n) is 8.13. The van der Waals surface area contributed by atoms with Crippen LogP contribution in [-0.4, -0.2) is 46.7 Å². The molecule has 9 heteroatoms. The van der Waals surface area contributed by atoms with E-state index in [1.807, 2.05) is 12.1 Å². The summed E-state index contributed by atoms with van der Waals surface area (Å²) in [6.07, 6.45) is 14.1. The standard InChI is InChI=1S/C29H39N3O6/c33-27(34)12-11-21-15-25-26(38-19-37-25)16-22(21)17-32-14-6-10-24(32)29-31-23(18-36-29)28(35)30-13-5-4-9-20-7-2-1-3-8-20/h15-16,18,20,24H,1-14,17,19H2,(H,30,35)(H,33,34). The number of aliphatic carboxylic acids is 1. The van der Waals surface area contributed by atoms with Gasteiger partial charge in [0.2, 0.25) is 12.7 Å². The average molecular weight is 526 g/mol. The molecule has 2 fully saturated rings. The van der Waals surface area contributed by atoms with Crippen LogP contribution in [0.3, 0.4) is 0 Å². The molecule has 1 amide bonds. The van der Waals surface area contributed by atoms with Gasteiger partial charge in [0.1, 0.15) is 6.26 Å². The number of rotatable bonds is 12. The summed E-state index contributed by atoms with van der Waals surface area (Å²) in [5.41, 5.74) is 2.28. The maximum atomic E-state index is 12.7. The number of hydrogen-bond acceptors (Lipinski definition) is 7. The molecule has 206 valence electrons. The lowest BCUT2D eigenvalue weighted by Gasteiger charge is -2.23. The van der Waals surface area contributed by atoms with Gasteiger partial charge in [0.05, 0.1) is 6.04 Å². The van der Waals surface area contributed by atoms with E-state index in [1.54, 1.807) is 0 Å². The maximum absolute atomic E-state index is 12.7. The second-order valence-electron chi connectivity index (χ2n) is 10.8. The van der Waals surface area contributed by atoms with Gasteiger partial charge >= 0.3 is 5.97 Å². The predicted octanol–water partition coefficient (Wildman–Crippen LogP) is 5.24. The molecule has 1 saturated carbocycles. The van der Waals surface area contributed by atoms with Crippen molar-refractivity contribution in [3.05, 3.63) is 41.1 Å². The molecule has 0 radical (unpaired) electrons. The van der Waals surface area contributed by atoms with Crippen molar-refractivity contribution >= 4 is 11.9 Å². The molecule has 38 heavy (non-hydrogen) atoms. The van der Waals surface area contributed by atoms with Gasteiger partial charge in [0, 0.05) is 19.5 Å². The van der Waals surface area contributed by atoms with Crippen LogP contribution in [0.2, 0.25) is 0 Å². The van der Waals surface area contributed by atoms with Gasteiger partial charge in [-0.3, -0.25) is 14.5 Å². The topological polar surface area (TPSA) is 114 Å². The number of aromatic nitrogens is 1. The van der Waals surface area contributed by atoms with Crippen LogP contribution in [0.4, 0.5) is 0 Å². The summed E-state index contributed by atoms with van der Waals surface area (Å²) in [4.78, 5) is 30.7. The first kappa shape index (κ1) is 26.5. The van der Waals surface area contributed by atoms with Gasteiger partial charge in [-0.15, -0.1) is 0 Å². The van der Waals surface area contributed by atoms with Gasteiger partial charge in [-0.05, 0) is 61.4 Å². The van der Waals surface area contributed by atoms with Gasteiger partial charge in [0.25, 0.3) is 5.91 Å². The number of likely N-dealkylation sites (tertiary alicyclic amines) is 1. The quantitative estimate of drug-likeness (QED) is 0.362. The number of ether oxygens (including phenoxy) is 2. The molecule has 1 aromatic carbocycles. The first-order chi connectivity index (χ1) is 18.6. The largest absolute Gasteiger partial charge is 0.481 e. The number of carbonyl (C=O) groups is 2. The number of nitrogens with one attached hydrogen (secondary N) is 1. The molecule has 2 N–H and O–H groups in total. The summed E-state index contributed by atoms with van der Waals surface area (Å²) >= 11 is 0. The highest BCUT2D eigenvalue weighted by Crippen LogP contribution is 2.38. The number of oxazole rings is 1. The first-order valence-electron chi connectivity index (χ1n) is 14.2. The molecular weight excluding hydrogens is 486 g/mol. The Morgan fingerprint density at radius 3 is 2.61 bits per heavy atom. The third-order valence-corrected chi connectivity index (χ3v) is 8.13. The lowest BCUT2D eigenvalue weighted by molar-refractivity contribution is -0.136. The first-order valence-corrected chi connectivity index (χ1v) is 14.2. The zero-order chi connectivity index (χ0) is 26.3. The van der Waals surface area contributed by atoms with Crippen molar-refractivity contribution in [2.75, 3.05) is 19.9 Å². The van der Waals surface area contributed by atoms with Crippen molar-refractivity contribution in [2.45, 2.75) is 89.6 Å². The summed E-state index contributed by atoms with van der Waals surface area (Å²) in [6, 6.07) is 3.82. The molecule has 2 aliphatic heterocycles. The Morgan fingerprint density at radius 1 is 1.03 bits per heavy atom. The second-order valence-corrected chi connectivity index (χ2v) is 10.8. The number of carbonyl (C=O) groups excluding carboxylic acids is 1. The van der Waals surface area contributed by atoms with Crippen molar-refractivity contribution < 1.29 is 28.6 Å². The van der Waals surface area contributed by atoms with Crippen molar-refractivity contribution in [3.63, 3.8) is 0 Å². The Balaban J connectivity index is 1.16. The number of aryl methyl sites for hydroxylation is 1. The lowest BCUT2D eigenvalue weighted by atomic mass is 9.86. The Labute approximate surface area is 223 Å². The van der Waals surface area contributed by atoms with Gasteiger partial charge in [-0.2, -0.15) is 0 Å². The zero-order valence-electron chi connectivity index (χ0n) is 22.1. The van der Waals surface area contributed by atoms with Crippen LogP contribution < -0.4 is 14.8 Å². The lowest BCUT2D eigenvalue weighted by Crippen LogP contribution is -2.26. The van der Waals surface area contributed by atoms with E-state index in [9.17, 15) is 14.7 Å². The van der Waals surface area contributed by atoms with E-state index in [0.29, 0.717) is 42.6 Å².